The molecule has 2 aromatic carbocycles. The number of nitrogens with one attached hydrogen (secondary N) is 2. The zero-order valence-corrected chi connectivity index (χ0v) is 14.2. The summed E-state index contributed by atoms with van der Waals surface area (Å²) in [5, 5.41) is 17.1. The van der Waals surface area contributed by atoms with Gasteiger partial charge in [-0.25, -0.2) is 5.84 Å². The van der Waals surface area contributed by atoms with E-state index in [1.807, 2.05) is 31.2 Å². The van der Waals surface area contributed by atoms with Crippen LogP contribution in [0.15, 0.2) is 36.5 Å². The number of ether oxygens (including phenoxy) is 1. The van der Waals surface area contributed by atoms with Gasteiger partial charge in [0.1, 0.15) is 11.3 Å². The lowest BCUT2D eigenvalue weighted by atomic mass is 9.96. The monoisotopic (exact) mass is 348 g/mol. The molecule has 0 aliphatic rings. The first-order valence-corrected chi connectivity index (χ1v) is 7.92. The number of nitrogen functional groups attached to an aromatic ring is 1. The Labute approximate surface area is 148 Å². The molecule has 2 aromatic heterocycles. The fourth-order valence-corrected chi connectivity index (χ4v) is 3.11. The normalized spacial score (nSPS) is 11.0. The van der Waals surface area contributed by atoms with E-state index in [9.17, 15) is 4.79 Å². The summed E-state index contributed by atoms with van der Waals surface area (Å²) in [6.07, 6.45) is 1.77. The van der Waals surface area contributed by atoms with Crippen molar-refractivity contribution in [2.24, 2.45) is 5.84 Å². The van der Waals surface area contributed by atoms with Crippen molar-refractivity contribution in [2.75, 3.05) is 7.11 Å². The van der Waals surface area contributed by atoms with E-state index < -0.39 is 5.91 Å². The number of nitrogens with two attached hydrogens (primary N) is 1. The quantitative estimate of drug-likeness (QED) is 0.296. The molecule has 0 saturated carbocycles. The van der Waals surface area contributed by atoms with E-state index in [1.54, 1.807) is 19.4 Å². The van der Waals surface area contributed by atoms with E-state index in [0.717, 1.165) is 27.6 Å². The van der Waals surface area contributed by atoms with Gasteiger partial charge in [-0.05, 0) is 36.2 Å². The van der Waals surface area contributed by atoms with Gasteiger partial charge in [0.2, 0.25) is 0 Å². The van der Waals surface area contributed by atoms with Crippen LogP contribution < -0.4 is 16.0 Å². The average Bonchev–Trinajstić information content (AvgIpc) is 3.14. The summed E-state index contributed by atoms with van der Waals surface area (Å²) >= 11 is 0. The van der Waals surface area contributed by atoms with Gasteiger partial charge in [-0.15, -0.1) is 10.2 Å². The number of rotatable bonds is 3. The number of benzene rings is 2. The molecule has 4 aromatic rings. The molecule has 0 bridgehead atoms. The molecule has 8 nitrogen and oxygen atoms in total. The summed E-state index contributed by atoms with van der Waals surface area (Å²) in [5.41, 5.74) is 6.64. The highest BCUT2D eigenvalue weighted by atomic mass is 16.5. The molecule has 0 saturated heterocycles. The summed E-state index contributed by atoms with van der Waals surface area (Å²) in [6, 6.07) is 9.56. The van der Waals surface area contributed by atoms with Gasteiger partial charge in [0.15, 0.2) is 5.69 Å². The van der Waals surface area contributed by atoms with Crippen LogP contribution in [0.4, 0.5) is 0 Å². The van der Waals surface area contributed by atoms with Crippen molar-refractivity contribution in [2.45, 2.75) is 6.92 Å². The van der Waals surface area contributed by atoms with Crippen molar-refractivity contribution in [3.63, 3.8) is 0 Å². The van der Waals surface area contributed by atoms with Crippen LogP contribution in [0.25, 0.3) is 32.9 Å². The van der Waals surface area contributed by atoms with Gasteiger partial charge < -0.3 is 4.74 Å². The van der Waals surface area contributed by atoms with Gasteiger partial charge in [-0.3, -0.25) is 15.3 Å². The van der Waals surface area contributed by atoms with Gasteiger partial charge in [-0.1, -0.05) is 12.1 Å². The Morgan fingerprint density at radius 3 is 2.85 bits per heavy atom. The number of aromatic nitrogens is 4. The minimum absolute atomic E-state index is 0.122. The number of aryl methyl sites for hydroxylation is 1. The van der Waals surface area contributed by atoms with Crippen LogP contribution >= 0.6 is 0 Å². The van der Waals surface area contributed by atoms with E-state index in [0.29, 0.717) is 16.7 Å². The highest BCUT2D eigenvalue weighted by molar-refractivity contribution is 6.03. The molecule has 1 amide bonds. The predicted octanol–water partition coefficient (Wildman–Crippen LogP) is 2.09. The average molecular weight is 348 g/mol. The number of hydrogen-bond acceptors (Lipinski definition) is 6. The van der Waals surface area contributed by atoms with Crippen LogP contribution in [-0.4, -0.2) is 33.4 Å². The number of nitrogens with zero attached hydrogens (tertiary/aromatic N) is 3. The lowest BCUT2D eigenvalue weighted by molar-refractivity contribution is 0.0948. The maximum atomic E-state index is 11.8. The Kier molecular flexibility index (Phi) is 3.74. The van der Waals surface area contributed by atoms with Crippen molar-refractivity contribution in [3.8, 4) is 16.9 Å². The summed E-state index contributed by atoms with van der Waals surface area (Å²) in [4.78, 5) is 11.8. The molecule has 130 valence electrons. The van der Waals surface area contributed by atoms with Crippen molar-refractivity contribution < 1.29 is 9.53 Å². The Bertz CT molecular complexity index is 1150. The standard InChI is InChI=1S/C18H16N6O2/c1-9-5-15(26-2)12-7-14(18(25)21-19)23-24-17(12)16(9)10-3-4-11-8-20-22-13(11)6-10/h3-8H,19H2,1-2H3,(H,20,22)(H,21,25). The number of aromatic amines is 1. The summed E-state index contributed by atoms with van der Waals surface area (Å²) in [5.74, 6) is 5.30. The molecular weight excluding hydrogens is 332 g/mol. The number of amides is 1. The maximum Gasteiger partial charge on any atom is 0.285 e. The van der Waals surface area contributed by atoms with E-state index >= 15 is 0 Å². The predicted molar refractivity (Wildman–Crippen MR) is 97.6 cm³/mol. The SMILES string of the molecule is COc1cc(C)c(-c2ccc3cn[nH]c3c2)c2nnc(C(=O)NN)cc12. The highest BCUT2D eigenvalue weighted by Crippen LogP contribution is 2.37. The Morgan fingerprint density at radius 1 is 1.23 bits per heavy atom. The van der Waals surface area contributed by atoms with Gasteiger partial charge in [0.05, 0.1) is 18.8 Å². The molecule has 0 unspecified atom stereocenters. The third kappa shape index (κ3) is 2.44. The molecule has 0 radical (unpaired) electrons. The van der Waals surface area contributed by atoms with Crippen LogP contribution in [0, 0.1) is 6.92 Å². The third-order valence-electron chi connectivity index (χ3n) is 4.35. The van der Waals surface area contributed by atoms with E-state index in [1.165, 1.54) is 0 Å². The first kappa shape index (κ1) is 16.0. The van der Waals surface area contributed by atoms with Crippen LogP contribution in [-0.2, 0) is 0 Å². The number of carbonyl (C=O) groups excluding carboxylic acids is 1. The van der Waals surface area contributed by atoms with Crippen molar-refractivity contribution in [3.05, 3.63) is 47.8 Å². The third-order valence-corrected chi connectivity index (χ3v) is 4.35. The molecule has 4 N–H and O–H groups in total. The van der Waals surface area contributed by atoms with Crippen molar-refractivity contribution >= 4 is 27.7 Å². The van der Waals surface area contributed by atoms with E-state index in [4.69, 9.17) is 10.6 Å². The largest absolute Gasteiger partial charge is 0.496 e. The smallest absolute Gasteiger partial charge is 0.285 e. The molecular formula is C18H16N6O2. The number of hydrazine groups is 1. The lowest BCUT2D eigenvalue weighted by Gasteiger charge is -2.14. The minimum atomic E-state index is -0.512. The summed E-state index contributed by atoms with van der Waals surface area (Å²) in [7, 11) is 1.58. The molecule has 2 heterocycles. The van der Waals surface area contributed by atoms with Crippen LogP contribution in [0.3, 0.4) is 0 Å². The van der Waals surface area contributed by atoms with Crippen LogP contribution in [0.5, 0.6) is 5.75 Å². The number of fused-ring (bicyclic) bond motifs is 2. The molecule has 0 fully saturated rings. The highest BCUT2D eigenvalue weighted by Gasteiger charge is 2.17. The van der Waals surface area contributed by atoms with E-state index in [2.05, 4.69) is 25.8 Å². The first-order valence-electron chi connectivity index (χ1n) is 7.92. The number of H-pyrrole nitrogens is 1. The number of carbonyl (C=O) groups is 1. The molecule has 8 heteroatoms. The molecule has 0 atom stereocenters. The second-order valence-corrected chi connectivity index (χ2v) is 5.91. The van der Waals surface area contributed by atoms with Gasteiger partial charge >= 0.3 is 0 Å². The van der Waals surface area contributed by atoms with Gasteiger partial charge in [0, 0.05) is 16.3 Å². The van der Waals surface area contributed by atoms with Crippen LogP contribution in [0.2, 0.25) is 0 Å². The topological polar surface area (TPSA) is 119 Å². The Hall–Kier alpha value is -3.52. The Morgan fingerprint density at radius 2 is 2.08 bits per heavy atom. The molecule has 0 spiro atoms. The van der Waals surface area contributed by atoms with Crippen molar-refractivity contribution in [1.29, 1.82) is 0 Å². The second kappa shape index (κ2) is 6.08. The summed E-state index contributed by atoms with van der Waals surface area (Å²) in [6.45, 7) is 1.98. The first-order chi connectivity index (χ1) is 12.6. The number of methoxy groups -OCH3 is 1. The second-order valence-electron chi connectivity index (χ2n) is 5.91. The van der Waals surface area contributed by atoms with Gasteiger partial charge in [-0.2, -0.15) is 5.10 Å². The fourth-order valence-electron chi connectivity index (χ4n) is 3.11. The number of hydrogen-bond donors (Lipinski definition) is 3. The fraction of sp³-hybridized carbons (Fsp3) is 0.111. The molecule has 0 aliphatic heterocycles. The molecule has 0 aliphatic carbocycles. The lowest BCUT2D eigenvalue weighted by Crippen LogP contribution is -2.30. The summed E-state index contributed by atoms with van der Waals surface area (Å²) < 4.78 is 5.48. The zero-order chi connectivity index (χ0) is 18.3. The zero-order valence-electron chi connectivity index (χ0n) is 14.2. The van der Waals surface area contributed by atoms with Crippen molar-refractivity contribution in [1.82, 2.24) is 25.8 Å². The Balaban J connectivity index is 2.02. The van der Waals surface area contributed by atoms with Crippen LogP contribution in [0.1, 0.15) is 16.1 Å². The molecule has 26 heavy (non-hydrogen) atoms. The maximum absolute atomic E-state index is 11.8. The van der Waals surface area contributed by atoms with E-state index in [-0.39, 0.29) is 5.69 Å². The molecule has 4 rings (SSSR count). The minimum Gasteiger partial charge on any atom is -0.496 e. The van der Waals surface area contributed by atoms with Gasteiger partial charge in [0.25, 0.3) is 5.91 Å².